The standard InChI is InChI=1S/C19H31N3O2/c1-15(2)24-18-8-5-6-16(12-18)14-22-11-4-3-7-17(22)13-21-19(23)9-10-20/h5-6,8,12,15,17H,3-4,7,9-11,13-14,20H2,1-2H3,(H,21,23). The Balaban J connectivity index is 1.94. The molecule has 5 nitrogen and oxygen atoms in total. The predicted molar refractivity (Wildman–Crippen MR) is 96.9 cm³/mol. The van der Waals surface area contributed by atoms with Crippen LogP contribution in [0.2, 0.25) is 0 Å². The van der Waals surface area contributed by atoms with Gasteiger partial charge in [0.05, 0.1) is 6.10 Å². The summed E-state index contributed by atoms with van der Waals surface area (Å²) in [6.07, 6.45) is 4.16. The molecule has 0 radical (unpaired) electrons. The lowest BCUT2D eigenvalue weighted by atomic mass is 10.0. The lowest BCUT2D eigenvalue weighted by molar-refractivity contribution is -0.121. The van der Waals surface area contributed by atoms with E-state index in [1.807, 2.05) is 19.9 Å². The molecule has 2 rings (SSSR count). The first-order chi connectivity index (χ1) is 11.6. The van der Waals surface area contributed by atoms with Crippen LogP contribution in [0.15, 0.2) is 24.3 Å². The molecule has 0 bridgehead atoms. The third-order valence-electron chi connectivity index (χ3n) is 4.31. The van der Waals surface area contributed by atoms with Gasteiger partial charge in [0.1, 0.15) is 5.75 Å². The maximum absolute atomic E-state index is 11.7. The molecule has 134 valence electrons. The van der Waals surface area contributed by atoms with E-state index < -0.39 is 0 Å². The van der Waals surface area contributed by atoms with Crippen LogP contribution in [0.1, 0.15) is 45.1 Å². The lowest BCUT2D eigenvalue weighted by Gasteiger charge is -2.36. The van der Waals surface area contributed by atoms with Crippen LogP contribution in [0.3, 0.4) is 0 Å². The summed E-state index contributed by atoms with van der Waals surface area (Å²) in [5.41, 5.74) is 6.69. The molecular formula is C19H31N3O2. The molecule has 1 aromatic rings. The summed E-state index contributed by atoms with van der Waals surface area (Å²) in [5.74, 6) is 0.975. The number of hydrogen-bond acceptors (Lipinski definition) is 4. The molecule has 1 fully saturated rings. The van der Waals surface area contributed by atoms with Gasteiger partial charge in [-0.3, -0.25) is 9.69 Å². The number of amides is 1. The van der Waals surface area contributed by atoms with Crippen molar-refractivity contribution in [2.75, 3.05) is 19.6 Å². The molecule has 1 aromatic carbocycles. The van der Waals surface area contributed by atoms with Crippen molar-refractivity contribution >= 4 is 5.91 Å². The van der Waals surface area contributed by atoms with Crippen LogP contribution in [0, 0.1) is 0 Å². The number of carbonyl (C=O) groups excluding carboxylic acids is 1. The van der Waals surface area contributed by atoms with E-state index in [0.29, 0.717) is 25.6 Å². The Morgan fingerprint density at radius 2 is 2.25 bits per heavy atom. The molecule has 24 heavy (non-hydrogen) atoms. The van der Waals surface area contributed by atoms with E-state index in [1.54, 1.807) is 0 Å². The van der Waals surface area contributed by atoms with Crippen LogP contribution in [-0.2, 0) is 11.3 Å². The number of likely N-dealkylation sites (tertiary alicyclic amines) is 1. The van der Waals surface area contributed by atoms with Crippen molar-refractivity contribution in [3.8, 4) is 5.75 Å². The molecule has 1 unspecified atom stereocenters. The van der Waals surface area contributed by atoms with Crippen molar-refractivity contribution in [2.24, 2.45) is 5.73 Å². The van der Waals surface area contributed by atoms with E-state index in [0.717, 1.165) is 25.3 Å². The minimum absolute atomic E-state index is 0.0513. The lowest BCUT2D eigenvalue weighted by Crippen LogP contribution is -2.46. The largest absolute Gasteiger partial charge is 0.491 e. The van der Waals surface area contributed by atoms with Gasteiger partial charge >= 0.3 is 0 Å². The number of piperidine rings is 1. The van der Waals surface area contributed by atoms with Gasteiger partial charge in [0.25, 0.3) is 0 Å². The van der Waals surface area contributed by atoms with E-state index in [9.17, 15) is 4.79 Å². The fourth-order valence-corrected chi connectivity index (χ4v) is 3.17. The second kappa shape index (κ2) is 9.64. The third-order valence-corrected chi connectivity index (χ3v) is 4.31. The molecule has 1 saturated heterocycles. The number of benzene rings is 1. The molecule has 5 heteroatoms. The van der Waals surface area contributed by atoms with Gasteiger partial charge < -0.3 is 15.8 Å². The summed E-state index contributed by atoms with van der Waals surface area (Å²) in [6, 6.07) is 8.72. The minimum atomic E-state index is 0.0513. The minimum Gasteiger partial charge on any atom is -0.491 e. The SMILES string of the molecule is CC(C)Oc1cccc(CN2CCCCC2CNC(=O)CCN)c1. The van der Waals surface area contributed by atoms with Gasteiger partial charge in [-0.05, 0) is 50.9 Å². The molecule has 1 heterocycles. The number of carbonyl (C=O) groups is 1. The topological polar surface area (TPSA) is 67.6 Å². The molecule has 1 aliphatic rings. The van der Waals surface area contributed by atoms with Crippen LogP contribution < -0.4 is 15.8 Å². The Bertz CT molecular complexity index is 519. The average molecular weight is 333 g/mol. The summed E-state index contributed by atoms with van der Waals surface area (Å²) < 4.78 is 5.79. The van der Waals surface area contributed by atoms with Crippen LogP contribution in [-0.4, -0.2) is 42.6 Å². The first-order valence-corrected chi connectivity index (χ1v) is 9.05. The summed E-state index contributed by atoms with van der Waals surface area (Å²) in [7, 11) is 0. The second-order valence-electron chi connectivity index (χ2n) is 6.78. The number of nitrogens with two attached hydrogens (primary N) is 1. The third kappa shape index (κ3) is 6.13. The highest BCUT2D eigenvalue weighted by Crippen LogP contribution is 2.21. The van der Waals surface area contributed by atoms with Crippen molar-refractivity contribution in [2.45, 2.75) is 58.2 Å². The molecular weight excluding hydrogens is 302 g/mol. The van der Waals surface area contributed by atoms with Gasteiger partial charge in [-0.2, -0.15) is 0 Å². The number of nitrogens with zero attached hydrogens (tertiary/aromatic N) is 1. The Morgan fingerprint density at radius 1 is 1.42 bits per heavy atom. The van der Waals surface area contributed by atoms with Gasteiger partial charge in [0.15, 0.2) is 0 Å². The zero-order chi connectivity index (χ0) is 17.4. The van der Waals surface area contributed by atoms with Gasteiger partial charge in [-0.15, -0.1) is 0 Å². The summed E-state index contributed by atoms with van der Waals surface area (Å²) in [5, 5.41) is 3.02. The zero-order valence-corrected chi connectivity index (χ0v) is 15.0. The summed E-state index contributed by atoms with van der Waals surface area (Å²) in [4.78, 5) is 14.1. The van der Waals surface area contributed by atoms with Crippen molar-refractivity contribution < 1.29 is 9.53 Å². The molecule has 1 aliphatic heterocycles. The summed E-state index contributed by atoms with van der Waals surface area (Å²) >= 11 is 0. The quantitative estimate of drug-likeness (QED) is 0.766. The monoisotopic (exact) mass is 333 g/mol. The van der Waals surface area contributed by atoms with E-state index >= 15 is 0 Å². The predicted octanol–water partition coefficient (Wildman–Crippen LogP) is 2.29. The van der Waals surface area contributed by atoms with Crippen LogP contribution in [0.25, 0.3) is 0 Å². The number of ether oxygens (including phenoxy) is 1. The first-order valence-electron chi connectivity index (χ1n) is 9.05. The Morgan fingerprint density at radius 3 is 3.00 bits per heavy atom. The highest BCUT2D eigenvalue weighted by molar-refractivity contribution is 5.76. The zero-order valence-electron chi connectivity index (χ0n) is 15.0. The van der Waals surface area contributed by atoms with Crippen LogP contribution >= 0.6 is 0 Å². The first kappa shape index (κ1) is 18.7. The van der Waals surface area contributed by atoms with E-state index in [4.69, 9.17) is 10.5 Å². The second-order valence-corrected chi connectivity index (χ2v) is 6.78. The van der Waals surface area contributed by atoms with E-state index in [-0.39, 0.29) is 12.0 Å². The Labute approximate surface area is 145 Å². The normalized spacial score (nSPS) is 18.6. The van der Waals surface area contributed by atoms with Gasteiger partial charge in [-0.1, -0.05) is 18.6 Å². The van der Waals surface area contributed by atoms with Crippen LogP contribution in [0.5, 0.6) is 5.75 Å². The molecule has 0 aromatic heterocycles. The van der Waals surface area contributed by atoms with Crippen molar-refractivity contribution in [3.63, 3.8) is 0 Å². The fourth-order valence-electron chi connectivity index (χ4n) is 3.17. The molecule has 0 aliphatic carbocycles. The average Bonchev–Trinajstić information content (AvgIpc) is 2.54. The van der Waals surface area contributed by atoms with Gasteiger partial charge in [0, 0.05) is 32.1 Å². The maximum Gasteiger partial charge on any atom is 0.221 e. The van der Waals surface area contributed by atoms with Crippen molar-refractivity contribution in [1.82, 2.24) is 10.2 Å². The molecule has 1 amide bonds. The van der Waals surface area contributed by atoms with Crippen LogP contribution in [0.4, 0.5) is 0 Å². The highest BCUT2D eigenvalue weighted by Gasteiger charge is 2.22. The maximum atomic E-state index is 11.7. The van der Waals surface area contributed by atoms with Crippen molar-refractivity contribution in [3.05, 3.63) is 29.8 Å². The molecule has 0 saturated carbocycles. The number of nitrogens with one attached hydrogen (secondary N) is 1. The van der Waals surface area contributed by atoms with Gasteiger partial charge in [-0.25, -0.2) is 0 Å². The smallest absolute Gasteiger partial charge is 0.221 e. The summed E-state index contributed by atoms with van der Waals surface area (Å²) in [6.45, 7) is 7.16. The van der Waals surface area contributed by atoms with E-state index in [2.05, 4.69) is 28.4 Å². The molecule has 3 N–H and O–H groups in total. The van der Waals surface area contributed by atoms with E-state index in [1.165, 1.54) is 18.4 Å². The fraction of sp³-hybridized carbons (Fsp3) is 0.632. The number of hydrogen-bond donors (Lipinski definition) is 2. The molecule has 1 atom stereocenters. The molecule has 0 spiro atoms. The Hall–Kier alpha value is -1.59. The number of rotatable bonds is 8. The highest BCUT2D eigenvalue weighted by atomic mass is 16.5. The Kier molecular flexibility index (Phi) is 7.53. The van der Waals surface area contributed by atoms with Gasteiger partial charge in [0.2, 0.25) is 5.91 Å². The van der Waals surface area contributed by atoms with Crippen molar-refractivity contribution in [1.29, 1.82) is 0 Å².